The number of amides is 1. The third-order valence-corrected chi connectivity index (χ3v) is 3.83. The van der Waals surface area contributed by atoms with Gasteiger partial charge >= 0.3 is 0 Å². The number of hydrogen-bond donors (Lipinski definition) is 1. The Morgan fingerprint density at radius 1 is 1.53 bits per heavy atom. The summed E-state index contributed by atoms with van der Waals surface area (Å²) in [6.07, 6.45) is 6.76. The number of aromatic nitrogens is 1. The summed E-state index contributed by atoms with van der Waals surface area (Å²) in [4.78, 5) is 16.1. The van der Waals surface area contributed by atoms with Crippen molar-refractivity contribution in [3.8, 4) is 0 Å². The lowest BCUT2D eigenvalue weighted by molar-refractivity contribution is 0.0738. The van der Waals surface area contributed by atoms with E-state index in [9.17, 15) is 4.79 Å². The predicted molar refractivity (Wildman–Crippen MR) is 71.0 cm³/mol. The van der Waals surface area contributed by atoms with Crippen LogP contribution in [0.15, 0.2) is 10.7 Å². The van der Waals surface area contributed by atoms with Crippen LogP contribution in [0.2, 0.25) is 0 Å². The van der Waals surface area contributed by atoms with Crippen LogP contribution in [0.3, 0.4) is 0 Å². The first-order valence-electron chi connectivity index (χ1n) is 6.91. The van der Waals surface area contributed by atoms with Gasteiger partial charge < -0.3 is 14.5 Å². The average Bonchev–Trinajstić information content (AvgIpc) is 3.06. The zero-order valence-corrected chi connectivity index (χ0v) is 11.7. The topological polar surface area (TPSA) is 64.4 Å². The summed E-state index contributed by atoms with van der Waals surface area (Å²) in [5.41, 5.74) is 0.462. The van der Waals surface area contributed by atoms with Crippen LogP contribution >= 0.6 is 0 Å². The summed E-state index contributed by atoms with van der Waals surface area (Å²) in [7, 11) is 1.72. The Balaban J connectivity index is 1.91. The number of rotatable bonds is 6. The second-order valence-corrected chi connectivity index (χ2v) is 5.30. The van der Waals surface area contributed by atoms with E-state index in [1.807, 2.05) is 6.92 Å². The van der Waals surface area contributed by atoms with Gasteiger partial charge in [0.05, 0.1) is 6.61 Å². The number of carbonyl (C=O) groups is 1. The summed E-state index contributed by atoms with van der Waals surface area (Å²) >= 11 is 0. The molecule has 0 aromatic carbocycles. The van der Waals surface area contributed by atoms with Crippen molar-refractivity contribution in [2.75, 3.05) is 20.3 Å². The van der Waals surface area contributed by atoms with Gasteiger partial charge in [-0.05, 0) is 12.8 Å². The molecule has 1 N–H and O–H groups in total. The maximum atomic E-state index is 12.0. The van der Waals surface area contributed by atoms with E-state index in [-0.39, 0.29) is 11.3 Å². The zero-order valence-electron chi connectivity index (χ0n) is 11.7. The molecule has 0 spiro atoms. The van der Waals surface area contributed by atoms with Crippen molar-refractivity contribution in [2.45, 2.75) is 39.0 Å². The van der Waals surface area contributed by atoms with Gasteiger partial charge in [-0.25, -0.2) is 4.98 Å². The maximum absolute atomic E-state index is 12.0. The highest BCUT2D eigenvalue weighted by molar-refractivity contribution is 5.91. The van der Waals surface area contributed by atoms with Crippen LogP contribution < -0.4 is 5.32 Å². The molecule has 1 aliphatic rings. The monoisotopic (exact) mass is 266 g/mol. The molecular weight excluding hydrogens is 244 g/mol. The Kier molecular flexibility index (Phi) is 4.58. The smallest absolute Gasteiger partial charge is 0.273 e. The highest BCUT2D eigenvalue weighted by atomic mass is 16.5. The van der Waals surface area contributed by atoms with Gasteiger partial charge in [-0.15, -0.1) is 0 Å². The molecule has 1 heterocycles. The number of ether oxygens (including phenoxy) is 1. The average molecular weight is 266 g/mol. The summed E-state index contributed by atoms with van der Waals surface area (Å²) in [5, 5.41) is 2.96. The van der Waals surface area contributed by atoms with Gasteiger partial charge in [0.1, 0.15) is 6.26 Å². The van der Waals surface area contributed by atoms with Gasteiger partial charge in [0, 0.05) is 25.5 Å². The number of oxazole rings is 1. The Hall–Kier alpha value is -1.36. The van der Waals surface area contributed by atoms with Crippen LogP contribution in [-0.4, -0.2) is 31.2 Å². The number of carbonyl (C=O) groups excluding carboxylic acids is 1. The molecule has 106 valence electrons. The lowest BCUT2D eigenvalue weighted by Gasteiger charge is -2.28. The minimum atomic E-state index is -0.161. The maximum Gasteiger partial charge on any atom is 0.273 e. The van der Waals surface area contributed by atoms with Crippen LogP contribution in [0.1, 0.15) is 49.0 Å². The highest BCUT2D eigenvalue weighted by Crippen LogP contribution is 2.37. The van der Waals surface area contributed by atoms with E-state index in [0.717, 1.165) is 12.8 Å². The Morgan fingerprint density at radius 3 is 2.84 bits per heavy atom. The van der Waals surface area contributed by atoms with Crippen LogP contribution in [0.25, 0.3) is 0 Å². The third-order valence-electron chi connectivity index (χ3n) is 3.83. The summed E-state index contributed by atoms with van der Waals surface area (Å²) in [6.45, 7) is 3.29. The Bertz CT molecular complexity index is 422. The number of nitrogens with one attached hydrogen (secondary N) is 1. The Morgan fingerprint density at radius 2 is 2.26 bits per heavy atom. The van der Waals surface area contributed by atoms with Crippen molar-refractivity contribution in [1.29, 1.82) is 0 Å². The lowest BCUT2D eigenvalue weighted by Crippen LogP contribution is -2.38. The molecule has 2 rings (SSSR count). The molecule has 1 aromatic rings. The molecule has 19 heavy (non-hydrogen) atoms. The summed E-state index contributed by atoms with van der Waals surface area (Å²) in [5.74, 6) is 0.434. The fourth-order valence-electron chi connectivity index (χ4n) is 2.74. The van der Waals surface area contributed by atoms with Gasteiger partial charge in [-0.2, -0.15) is 0 Å². The lowest BCUT2D eigenvalue weighted by atomic mass is 9.87. The van der Waals surface area contributed by atoms with E-state index in [0.29, 0.717) is 31.2 Å². The first-order chi connectivity index (χ1) is 9.19. The van der Waals surface area contributed by atoms with Gasteiger partial charge in [0.2, 0.25) is 0 Å². The van der Waals surface area contributed by atoms with Crippen molar-refractivity contribution in [2.24, 2.45) is 5.41 Å². The van der Waals surface area contributed by atoms with Crippen LogP contribution in [0.5, 0.6) is 0 Å². The van der Waals surface area contributed by atoms with E-state index in [1.165, 1.54) is 19.1 Å². The van der Waals surface area contributed by atoms with Gasteiger partial charge in [-0.3, -0.25) is 4.79 Å². The quantitative estimate of drug-likeness (QED) is 0.857. The number of methoxy groups -OCH3 is 1. The van der Waals surface area contributed by atoms with Gasteiger partial charge in [0.25, 0.3) is 5.91 Å². The Labute approximate surface area is 113 Å². The molecule has 1 aliphatic carbocycles. The van der Waals surface area contributed by atoms with Crippen molar-refractivity contribution >= 4 is 5.91 Å². The molecule has 1 saturated carbocycles. The first-order valence-corrected chi connectivity index (χ1v) is 6.91. The number of hydrogen-bond acceptors (Lipinski definition) is 4. The zero-order chi connectivity index (χ0) is 13.7. The molecule has 1 aromatic heterocycles. The summed E-state index contributed by atoms with van der Waals surface area (Å²) < 4.78 is 10.5. The minimum Gasteiger partial charge on any atom is -0.448 e. The van der Waals surface area contributed by atoms with E-state index in [2.05, 4.69) is 10.3 Å². The molecule has 0 aliphatic heterocycles. The highest BCUT2D eigenvalue weighted by Gasteiger charge is 2.34. The molecule has 0 unspecified atom stereocenters. The predicted octanol–water partition coefficient (Wildman–Crippen LogP) is 2.17. The molecule has 5 heteroatoms. The largest absolute Gasteiger partial charge is 0.448 e. The van der Waals surface area contributed by atoms with E-state index in [4.69, 9.17) is 9.15 Å². The normalized spacial score (nSPS) is 17.6. The molecule has 0 bridgehead atoms. The fourth-order valence-corrected chi connectivity index (χ4v) is 2.74. The number of nitrogens with zero attached hydrogens (tertiary/aromatic N) is 1. The van der Waals surface area contributed by atoms with E-state index >= 15 is 0 Å². The second-order valence-electron chi connectivity index (χ2n) is 5.30. The van der Waals surface area contributed by atoms with Gasteiger partial charge in [0.15, 0.2) is 11.6 Å². The van der Waals surface area contributed by atoms with Crippen molar-refractivity contribution in [1.82, 2.24) is 10.3 Å². The second kappa shape index (κ2) is 6.19. The van der Waals surface area contributed by atoms with E-state index in [1.54, 1.807) is 7.11 Å². The van der Waals surface area contributed by atoms with Gasteiger partial charge in [-0.1, -0.05) is 19.8 Å². The molecule has 5 nitrogen and oxygen atoms in total. The molecule has 0 saturated heterocycles. The standard InChI is InChI=1S/C14H22N2O3/c1-3-12-16-11(8-19-12)13(17)15-9-14(10-18-2)6-4-5-7-14/h8H,3-7,9-10H2,1-2H3,(H,15,17). The van der Waals surface area contributed by atoms with Crippen molar-refractivity contribution < 1.29 is 13.9 Å². The number of aryl methyl sites for hydroxylation is 1. The molecule has 1 amide bonds. The van der Waals surface area contributed by atoms with Crippen LogP contribution in [0, 0.1) is 5.41 Å². The minimum absolute atomic E-state index is 0.0989. The van der Waals surface area contributed by atoms with Crippen LogP contribution in [-0.2, 0) is 11.2 Å². The fraction of sp³-hybridized carbons (Fsp3) is 0.714. The molecular formula is C14H22N2O3. The van der Waals surface area contributed by atoms with Crippen molar-refractivity contribution in [3.63, 3.8) is 0 Å². The third kappa shape index (κ3) is 3.35. The van der Waals surface area contributed by atoms with E-state index < -0.39 is 0 Å². The first kappa shape index (κ1) is 14.1. The SMILES string of the molecule is CCc1nc(C(=O)NCC2(COC)CCCC2)co1. The van der Waals surface area contributed by atoms with Crippen molar-refractivity contribution in [3.05, 3.63) is 17.8 Å². The molecule has 0 radical (unpaired) electrons. The molecule has 1 fully saturated rings. The summed E-state index contributed by atoms with van der Waals surface area (Å²) in [6, 6.07) is 0. The van der Waals surface area contributed by atoms with Crippen LogP contribution in [0.4, 0.5) is 0 Å². The molecule has 0 atom stereocenters.